The molecular weight excluding hydrogens is 588 g/mol. The Hall–Kier alpha value is -2.78. The zero-order valence-corrected chi connectivity index (χ0v) is 28.2. The summed E-state index contributed by atoms with van der Waals surface area (Å²) in [5, 5.41) is 9.69. The van der Waals surface area contributed by atoms with Crippen molar-refractivity contribution in [3.8, 4) is 0 Å². The van der Waals surface area contributed by atoms with Gasteiger partial charge in [-0.15, -0.1) is 11.6 Å². The Balaban J connectivity index is 1.31. The van der Waals surface area contributed by atoms with Crippen LogP contribution in [-0.2, 0) is 20.8 Å². The minimum Gasteiger partial charge on any atom is -0.351 e. The van der Waals surface area contributed by atoms with Crippen molar-refractivity contribution in [2.24, 2.45) is 17.3 Å². The molecule has 2 aliphatic heterocycles. The number of piperidine rings is 1. The van der Waals surface area contributed by atoms with Crippen molar-refractivity contribution >= 4 is 29.3 Å². The highest BCUT2D eigenvalue weighted by Gasteiger charge is 2.49. The number of amides is 3. The largest absolute Gasteiger partial charge is 0.351 e. The standard InChI is InChI=1S/C35H51ClN6O3/c1-23-20-24(10-11-26(23)36)21-29(40-30(43)22-28-31-27(12-15-37-28)38-16-17-39-31)32(44)42-18-13-35(14-19-42,25-8-6-5-7-9-25)33(45)41-34(2,3)4/h10-11,16-17,20,23,25-26,28-29,37H,5-9,12-15,18-19,21-22H2,1-4H3,(H,40,43)(H,41,45)/t23?,26?,28?,29-/m1/s1. The fourth-order valence-corrected chi connectivity index (χ4v) is 7.81. The Morgan fingerprint density at radius 2 is 1.82 bits per heavy atom. The summed E-state index contributed by atoms with van der Waals surface area (Å²) >= 11 is 6.42. The van der Waals surface area contributed by atoms with Crippen molar-refractivity contribution in [2.75, 3.05) is 19.6 Å². The van der Waals surface area contributed by atoms with Crippen LogP contribution in [-0.4, -0.2) is 69.2 Å². The molecule has 0 spiro atoms. The van der Waals surface area contributed by atoms with E-state index in [4.69, 9.17) is 11.6 Å². The van der Waals surface area contributed by atoms with E-state index in [1.165, 1.54) is 6.42 Å². The molecule has 4 atom stereocenters. The molecule has 2 fully saturated rings. The second-order valence-electron chi connectivity index (χ2n) is 14.6. The van der Waals surface area contributed by atoms with Crippen molar-refractivity contribution in [3.63, 3.8) is 0 Å². The van der Waals surface area contributed by atoms with Gasteiger partial charge in [-0.1, -0.05) is 44.4 Å². The monoisotopic (exact) mass is 638 g/mol. The molecule has 1 saturated heterocycles. The molecule has 0 bridgehead atoms. The highest BCUT2D eigenvalue weighted by atomic mass is 35.5. The first-order valence-electron chi connectivity index (χ1n) is 16.9. The van der Waals surface area contributed by atoms with Gasteiger partial charge in [-0.3, -0.25) is 24.4 Å². The lowest BCUT2D eigenvalue weighted by molar-refractivity contribution is -0.147. The molecule has 5 rings (SSSR count). The number of aromatic nitrogens is 2. The van der Waals surface area contributed by atoms with Crippen molar-refractivity contribution in [1.82, 2.24) is 30.8 Å². The summed E-state index contributed by atoms with van der Waals surface area (Å²) in [6.45, 7) is 9.87. The lowest BCUT2D eigenvalue weighted by Crippen LogP contribution is -2.58. The number of likely N-dealkylation sites (tertiary alicyclic amines) is 1. The number of carbonyl (C=O) groups is 3. The first-order chi connectivity index (χ1) is 21.4. The van der Waals surface area contributed by atoms with Crippen molar-refractivity contribution in [1.29, 1.82) is 0 Å². The maximum atomic E-state index is 14.2. The van der Waals surface area contributed by atoms with Crippen LogP contribution in [0, 0.1) is 17.3 Å². The van der Waals surface area contributed by atoms with Crippen LogP contribution in [0.2, 0.25) is 0 Å². The van der Waals surface area contributed by atoms with E-state index < -0.39 is 11.5 Å². The molecule has 3 unspecified atom stereocenters. The molecule has 4 aliphatic rings. The molecule has 0 aromatic carbocycles. The second kappa shape index (κ2) is 14.3. The lowest BCUT2D eigenvalue weighted by atomic mass is 9.63. The van der Waals surface area contributed by atoms with E-state index >= 15 is 0 Å². The number of fused-ring (bicyclic) bond motifs is 1. The van der Waals surface area contributed by atoms with Gasteiger partial charge in [0, 0.05) is 56.8 Å². The van der Waals surface area contributed by atoms with E-state index in [0.29, 0.717) is 38.3 Å². The fourth-order valence-electron chi connectivity index (χ4n) is 7.67. The minimum absolute atomic E-state index is 0.0923. The first-order valence-corrected chi connectivity index (χ1v) is 17.4. The number of rotatable bonds is 8. The first kappa shape index (κ1) is 33.6. The Bertz CT molecular complexity index is 1290. The highest BCUT2D eigenvalue weighted by molar-refractivity contribution is 6.22. The van der Waals surface area contributed by atoms with Crippen LogP contribution in [0.15, 0.2) is 36.2 Å². The quantitative estimate of drug-likeness (QED) is 0.353. The maximum Gasteiger partial charge on any atom is 0.245 e. The summed E-state index contributed by atoms with van der Waals surface area (Å²) in [6.07, 6.45) is 17.6. The molecule has 0 radical (unpaired) electrons. The van der Waals surface area contributed by atoms with Crippen LogP contribution in [0.5, 0.6) is 0 Å². The second-order valence-corrected chi connectivity index (χ2v) is 15.1. The lowest BCUT2D eigenvalue weighted by Gasteiger charge is -2.48. The van der Waals surface area contributed by atoms with Gasteiger partial charge < -0.3 is 20.9 Å². The highest BCUT2D eigenvalue weighted by Crippen LogP contribution is 2.46. The summed E-state index contributed by atoms with van der Waals surface area (Å²) in [6, 6.07) is -0.973. The van der Waals surface area contributed by atoms with E-state index in [1.807, 2.05) is 37.8 Å². The molecule has 45 heavy (non-hydrogen) atoms. The minimum atomic E-state index is -0.719. The van der Waals surface area contributed by atoms with Crippen molar-refractivity contribution in [2.45, 2.75) is 115 Å². The third kappa shape index (κ3) is 8.15. The van der Waals surface area contributed by atoms with Crippen LogP contribution < -0.4 is 16.0 Å². The summed E-state index contributed by atoms with van der Waals surface area (Å²) in [7, 11) is 0. The molecule has 3 heterocycles. The summed E-state index contributed by atoms with van der Waals surface area (Å²) in [4.78, 5) is 52.4. The van der Waals surface area contributed by atoms with Crippen LogP contribution in [0.3, 0.4) is 0 Å². The molecule has 1 aromatic rings. The maximum absolute atomic E-state index is 14.2. The summed E-state index contributed by atoms with van der Waals surface area (Å²) in [5.41, 5.74) is 1.91. The van der Waals surface area contributed by atoms with Gasteiger partial charge in [0.05, 0.1) is 28.2 Å². The number of alkyl halides is 1. The Morgan fingerprint density at radius 1 is 1.11 bits per heavy atom. The van der Waals surface area contributed by atoms with Gasteiger partial charge in [0.25, 0.3) is 0 Å². The average molecular weight is 639 g/mol. The molecule has 1 saturated carbocycles. The molecule has 3 amide bonds. The van der Waals surface area contributed by atoms with Crippen LogP contribution in [0.4, 0.5) is 0 Å². The third-order valence-corrected chi connectivity index (χ3v) is 10.7. The van der Waals surface area contributed by atoms with E-state index in [9.17, 15) is 14.4 Å². The summed E-state index contributed by atoms with van der Waals surface area (Å²) < 4.78 is 0. The van der Waals surface area contributed by atoms with Gasteiger partial charge in [-0.25, -0.2) is 0 Å². The number of halogens is 1. The van der Waals surface area contributed by atoms with Gasteiger partial charge in [-0.05, 0) is 63.9 Å². The average Bonchev–Trinajstić information content (AvgIpc) is 3.02. The summed E-state index contributed by atoms with van der Waals surface area (Å²) in [5.74, 6) is 0.295. The van der Waals surface area contributed by atoms with Crippen molar-refractivity contribution in [3.05, 3.63) is 47.6 Å². The Labute approximate surface area is 273 Å². The van der Waals surface area contributed by atoms with Gasteiger partial charge >= 0.3 is 0 Å². The molecule has 1 aromatic heterocycles. The number of hydrogen-bond donors (Lipinski definition) is 3. The van der Waals surface area contributed by atoms with Gasteiger partial charge in [-0.2, -0.15) is 0 Å². The zero-order chi connectivity index (χ0) is 32.2. The normalized spacial score (nSPS) is 25.9. The topological polar surface area (TPSA) is 116 Å². The number of carbonyl (C=O) groups excluding carboxylic acids is 3. The van der Waals surface area contributed by atoms with E-state index in [1.54, 1.807) is 12.4 Å². The van der Waals surface area contributed by atoms with Gasteiger partial charge in [0.2, 0.25) is 17.7 Å². The molecule has 2 aliphatic carbocycles. The van der Waals surface area contributed by atoms with Crippen molar-refractivity contribution < 1.29 is 14.4 Å². The predicted octanol–water partition coefficient (Wildman–Crippen LogP) is 4.77. The number of allylic oxidation sites excluding steroid dienone is 3. The molecular formula is C35H51ClN6O3. The van der Waals surface area contributed by atoms with E-state index in [-0.39, 0.29) is 47.0 Å². The van der Waals surface area contributed by atoms with Crippen LogP contribution in [0.25, 0.3) is 0 Å². The van der Waals surface area contributed by atoms with Gasteiger partial charge in [0.15, 0.2) is 0 Å². The molecule has 9 nitrogen and oxygen atoms in total. The smallest absolute Gasteiger partial charge is 0.245 e. The third-order valence-electron chi connectivity index (χ3n) is 10.1. The zero-order valence-electron chi connectivity index (χ0n) is 27.4. The Morgan fingerprint density at radius 3 is 2.51 bits per heavy atom. The number of nitrogens with one attached hydrogen (secondary N) is 3. The molecule has 10 heteroatoms. The van der Waals surface area contributed by atoms with E-state index in [2.05, 4.69) is 38.9 Å². The number of hydrogen-bond acceptors (Lipinski definition) is 6. The van der Waals surface area contributed by atoms with Crippen LogP contribution in [0.1, 0.15) is 103 Å². The predicted molar refractivity (Wildman–Crippen MR) is 176 cm³/mol. The fraction of sp³-hybridized carbons (Fsp3) is 0.686. The molecule has 246 valence electrons. The Kier molecular flexibility index (Phi) is 10.7. The van der Waals surface area contributed by atoms with Crippen LogP contribution >= 0.6 is 11.6 Å². The SMILES string of the molecule is CC1C=C(C[C@@H](NC(=O)CC2NCCc3nccnc32)C(=O)N2CCC(C(=O)NC(C)(C)C)(C3CCCCC3)CC2)C=CC1Cl. The molecule has 3 N–H and O–H groups in total. The number of nitrogens with zero attached hydrogens (tertiary/aromatic N) is 3. The van der Waals surface area contributed by atoms with Gasteiger partial charge in [0.1, 0.15) is 6.04 Å². The van der Waals surface area contributed by atoms with E-state index in [0.717, 1.165) is 55.6 Å².